The predicted molar refractivity (Wildman–Crippen MR) is 114 cm³/mol. The first-order valence-electron chi connectivity index (χ1n) is 10.3. The first-order valence-corrected chi connectivity index (χ1v) is 10.3. The van der Waals surface area contributed by atoms with Gasteiger partial charge in [0.15, 0.2) is 0 Å². The van der Waals surface area contributed by atoms with E-state index in [1.54, 1.807) is 7.05 Å². The minimum Gasteiger partial charge on any atom is -0.489 e. The lowest BCUT2D eigenvalue weighted by atomic mass is 9.97. The smallest absolute Gasteiger partial charge is 0.240 e. The van der Waals surface area contributed by atoms with E-state index in [0.717, 1.165) is 36.9 Å². The van der Waals surface area contributed by atoms with Gasteiger partial charge < -0.3 is 25.1 Å². The van der Waals surface area contributed by atoms with Crippen molar-refractivity contribution >= 4 is 18.6 Å². The van der Waals surface area contributed by atoms with Crippen molar-refractivity contribution in [2.75, 3.05) is 26.7 Å². The number of benzene rings is 1. The summed E-state index contributed by atoms with van der Waals surface area (Å²) in [6.45, 7) is 7.26. The van der Waals surface area contributed by atoms with Gasteiger partial charge >= 0.3 is 0 Å². The number of aryl methyl sites for hydroxylation is 1. The molecular weight excluding hydrogens is 370 g/mol. The normalized spacial score (nSPS) is 13.8. The fourth-order valence-corrected chi connectivity index (χ4v) is 3.02. The van der Waals surface area contributed by atoms with Crippen LogP contribution in [0.2, 0.25) is 0 Å². The summed E-state index contributed by atoms with van der Waals surface area (Å²) in [5.41, 5.74) is 1.09. The van der Waals surface area contributed by atoms with Gasteiger partial charge in [0.05, 0.1) is 12.6 Å². The highest BCUT2D eigenvalue weighted by Crippen LogP contribution is 2.21. The van der Waals surface area contributed by atoms with E-state index < -0.39 is 0 Å². The number of nitrogens with zero attached hydrogens (tertiary/aromatic N) is 1. The SMILES string of the molecule is CCC(C)C(NC[C@@H](C)Oc1ccccc1CCCNC=O)C(=O)N(C)CC=O. The zero-order valence-electron chi connectivity index (χ0n) is 18.0. The molecule has 1 aromatic carbocycles. The molecule has 7 heteroatoms. The molecule has 162 valence electrons. The number of carbonyl (C=O) groups is 3. The fourth-order valence-electron chi connectivity index (χ4n) is 3.02. The highest BCUT2D eigenvalue weighted by molar-refractivity contribution is 5.83. The summed E-state index contributed by atoms with van der Waals surface area (Å²) in [5, 5.41) is 6.00. The number of nitrogens with one attached hydrogen (secondary N) is 2. The minimum atomic E-state index is -0.361. The van der Waals surface area contributed by atoms with E-state index in [9.17, 15) is 14.4 Å². The predicted octanol–water partition coefficient (Wildman–Crippen LogP) is 1.79. The number of carbonyl (C=O) groups excluding carboxylic acids is 3. The van der Waals surface area contributed by atoms with Crippen molar-refractivity contribution in [2.24, 2.45) is 5.92 Å². The number of hydrogen-bond acceptors (Lipinski definition) is 5. The molecular formula is C22H35N3O4. The van der Waals surface area contributed by atoms with Gasteiger partial charge in [-0.05, 0) is 37.3 Å². The lowest BCUT2D eigenvalue weighted by Crippen LogP contribution is -2.51. The van der Waals surface area contributed by atoms with Gasteiger partial charge in [0.25, 0.3) is 0 Å². The molecule has 0 aromatic heterocycles. The third-order valence-corrected chi connectivity index (χ3v) is 4.98. The van der Waals surface area contributed by atoms with Gasteiger partial charge in [-0.1, -0.05) is 38.5 Å². The first-order chi connectivity index (χ1) is 13.9. The molecule has 0 heterocycles. The first kappa shape index (κ1) is 24.6. The van der Waals surface area contributed by atoms with E-state index in [0.29, 0.717) is 19.5 Å². The molecule has 0 saturated heterocycles. The summed E-state index contributed by atoms with van der Waals surface area (Å²) in [7, 11) is 1.64. The van der Waals surface area contributed by atoms with E-state index in [4.69, 9.17) is 4.74 Å². The number of para-hydroxylation sites is 1. The molecule has 29 heavy (non-hydrogen) atoms. The fraction of sp³-hybridized carbons (Fsp3) is 0.591. The number of aldehydes is 1. The molecule has 0 fully saturated rings. The van der Waals surface area contributed by atoms with Crippen LogP contribution >= 0.6 is 0 Å². The number of amides is 2. The largest absolute Gasteiger partial charge is 0.489 e. The Morgan fingerprint density at radius 3 is 2.62 bits per heavy atom. The highest BCUT2D eigenvalue weighted by atomic mass is 16.5. The van der Waals surface area contributed by atoms with Crippen LogP contribution in [0.15, 0.2) is 24.3 Å². The summed E-state index contributed by atoms with van der Waals surface area (Å²) in [6.07, 6.45) is 3.79. The molecule has 0 aliphatic rings. The summed E-state index contributed by atoms with van der Waals surface area (Å²) in [5.74, 6) is 0.875. The number of rotatable bonds is 15. The molecule has 0 spiro atoms. The minimum absolute atomic E-state index is 0.0817. The topological polar surface area (TPSA) is 87.7 Å². The van der Waals surface area contributed by atoms with Crippen LogP contribution in [0, 0.1) is 5.92 Å². The third kappa shape index (κ3) is 8.64. The van der Waals surface area contributed by atoms with Crippen molar-refractivity contribution in [1.82, 2.24) is 15.5 Å². The maximum atomic E-state index is 12.7. The molecule has 2 N–H and O–H groups in total. The second-order valence-electron chi connectivity index (χ2n) is 7.37. The molecule has 2 amide bonds. The van der Waals surface area contributed by atoms with Gasteiger partial charge in [-0.3, -0.25) is 9.59 Å². The molecule has 1 aromatic rings. The van der Waals surface area contributed by atoms with Crippen molar-refractivity contribution in [3.63, 3.8) is 0 Å². The molecule has 0 radical (unpaired) electrons. The average molecular weight is 406 g/mol. The molecule has 0 aliphatic carbocycles. The Bertz CT molecular complexity index is 638. The maximum absolute atomic E-state index is 12.7. The van der Waals surface area contributed by atoms with Crippen molar-refractivity contribution in [3.8, 4) is 5.75 Å². The van der Waals surface area contributed by atoms with Gasteiger partial charge in [0, 0.05) is 20.1 Å². The Hall–Kier alpha value is -2.41. The van der Waals surface area contributed by atoms with Crippen molar-refractivity contribution in [1.29, 1.82) is 0 Å². The van der Waals surface area contributed by atoms with Crippen LogP contribution in [-0.2, 0) is 20.8 Å². The van der Waals surface area contributed by atoms with Crippen molar-refractivity contribution in [2.45, 2.75) is 52.2 Å². The maximum Gasteiger partial charge on any atom is 0.240 e. The Balaban J connectivity index is 2.68. The summed E-state index contributed by atoms with van der Waals surface area (Å²) >= 11 is 0. The van der Waals surface area contributed by atoms with Crippen LogP contribution in [-0.4, -0.2) is 62.3 Å². The second-order valence-corrected chi connectivity index (χ2v) is 7.37. The molecule has 1 rings (SSSR count). The van der Waals surface area contributed by atoms with Crippen LogP contribution in [0.3, 0.4) is 0 Å². The molecule has 0 saturated carbocycles. The lowest BCUT2D eigenvalue weighted by Gasteiger charge is -2.29. The van der Waals surface area contributed by atoms with Crippen LogP contribution in [0.4, 0.5) is 0 Å². The monoisotopic (exact) mass is 405 g/mol. The van der Waals surface area contributed by atoms with Crippen LogP contribution < -0.4 is 15.4 Å². The van der Waals surface area contributed by atoms with Gasteiger partial charge in [-0.15, -0.1) is 0 Å². The zero-order valence-corrected chi connectivity index (χ0v) is 18.0. The van der Waals surface area contributed by atoms with E-state index in [2.05, 4.69) is 10.6 Å². The Morgan fingerprint density at radius 1 is 1.24 bits per heavy atom. The molecule has 2 unspecified atom stereocenters. The van der Waals surface area contributed by atoms with E-state index in [1.165, 1.54) is 4.90 Å². The number of hydrogen-bond donors (Lipinski definition) is 2. The highest BCUT2D eigenvalue weighted by Gasteiger charge is 2.27. The van der Waals surface area contributed by atoms with Gasteiger partial charge in [0.2, 0.25) is 12.3 Å². The summed E-state index contributed by atoms with van der Waals surface area (Å²) in [6, 6.07) is 7.51. The van der Waals surface area contributed by atoms with Crippen molar-refractivity contribution in [3.05, 3.63) is 29.8 Å². The van der Waals surface area contributed by atoms with Gasteiger partial charge in [-0.25, -0.2) is 0 Å². The third-order valence-electron chi connectivity index (χ3n) is 4.98. The zero-order chi connectivity index (χ0) is 21.6. The Kier molecular flexibility index (Phi) is 11.6. The van der Waals surface area contributed by atoms with Crippen LogP contribution in [0.25, 0.3) is 0 Å². The lowest BCUT2D eigenvalue weighted by molar-refractivity contribution is -0.135. The van der Waals surface area contributed by atoms with E-state index in [1.807, 2.05) is 45.0 Å². The molecule has 0 bridgehead atoms. The average Bonchev–Trinajstić information content (AvgIpc) is 2.72. The molecule has 0 aliphatic heterocycles. The second kappa shape index (κ2) is 13.7. The summed E-state index contributed by atoms with van der Waals surface area (Å²) in [4.78, 5) is 35.2. The molecule has 3 atom stereocenters. The number of ether oxygens (including phenoxy) is 1. The Morgan fingerprint density at radius 2 is 1.97 bits per heavy atom. The standard InChI is InChI=1S/C22H35N3O4/c1-5-17(2)21(22(28)25(4)13-14-26)24-15-18(3)29-20-11-7-6-9-19(20)10-8-12-23-16-27/h6-7,9,11,14,16-18,21,24H,5,8,10,12-13,15H2,1-4H3,(H,23,27)/t17?,18-,21?/m1/s1. The van der Waals surface area contributed by atoms with Gasteiger partial charge in [-0.2, -0.15) is 0 Å². The van der Waals surface area contributed by atoms with E-state index >= 15 is 0 Å². The van der Waals surface area contributed by atoms with Crippen molar-refractivity contribution < 1.29 is 19.1 Å². The Labute approximate surface area is 174 Å². The summed E-state index contributed by atoms with van der Waals surface area (Å²) < 4.78 is 6.12. The molecule has 7 nitrogen and oxygen atoms in total. The van der Waals surface area contributed by atoms with E-state index in [-0.39, 0.29) is 30.5 Å². The van der Waals surface area contributed by atoms with Crippen LogP contribution in [0.1, 0.15) is 39.2 Å². The number of likely N-dealkylation sites (N-methyl/N-ethyl adjacent to an activating group) is 1. The quantitative estimate of drug-likeness (QED) is 0.343. The van der Waals surface area contributed by atoms with Gasteiger partial charge in [0.1, 0.15) is 18.1 Å². The van der Waals surface area contributed by atoms with Crippen LogP contribution in [0.5, 0.6) is 5.75 Å².